The number of sulfonamides is 1. The van der Waals surface area contributed by atoms with Crippen LogP contribution >= 0.6 is 0 Å². The summed E-state index contributed by atoms with van der Waals surface area (Å²) < 4.78 is 29.5. The first-order valence-electron chi connectivity index (χ1n) is 10.1. The van der Waals surface area contributed by atoms with Crippen LogP contribution in [0.1, 0.15) is 29.1 Å². The van der Waals surface area contributed by atoms with E-state index in [-0.39, 0.29) is 5.75 Å². The van der Waals surface area contributed by atoms with Crippen LogP contribution in [0.2, 0.25) is 0 Å². The minimum absolute atomic E-state index is 0.0717. The Morgan fingerprint density at radius 2 is 1.66 bits per heavy atom. The lowest BCUT2D eigenvalue weighted by Gasteiger charge is -2.17. The summed E-state index contributed by atoms with van der Waals surface area (Å²) in [6, 6.07) is 19.8. The zero-order valence-corrected chi connectivity index (χ0v) is 17.6. The normalized spacial score (nSPS) is 17.6. The van der Waals surface area contributed by atoms with Gasteiger partial charge in [0.2, 0.25) is 10.0 Å². The molecule has 1 unspecified atom stereocenters. The molecule has 3 aromatic rings. The molecule has 0 aliphatic carbocycles. The fraction of sp³-hybridized carbons (Fsp3) is 0.348. The van der Waals surface area contributed by atoms with E-state index in [0.29, 0.717) is 19.0 Å². The standard InChI is InChI=1S/C23H27N3O2S/c1-19-15-24-23(26(19)17-20-8-4-2-5-9-20)14-22-12-13-25(16-22)29(27,28)18-21-10-6-3-7-11-21/h2-11,15,22H,12-14,16-18H2,1H3. The van der Waals surface area contributed by atoms with Gasteiger partial charge in [0.05, 0.1) is 5.75 Å². The molecule has 0 bridgehead atoms. The van der Waals surface area contributed by atoms with E-state index in [1.807, 2.05) is 54.7 Å². The fourth-order valence-electron chi connectivity index (χ4n) is 4.01. The largest absolute Gasteiger partial charge is 0.328 e. The topological polar surface area (TPSA) is 55.2 Å². The zero-order chi connectivity index (χ0) is 20.3. The maximum atomic E-state index is 12.8. The molecule has 0 amide bonds. The van der Waals surface area contributed by atoms with Crippen LogP contribution in [0, 0.1) is 12.8 Å². The number of aromatic nitrogens is 2. The van der Waals surface area contributed by atoms with Gasteiger partial charge in [-0.15, -0.1) is 0 Å². The summed E-state index contributed by atoms with van der Waals surface area (Å²) >= 11 is 0. The van der Waals surface area contributed by atoms with Gasteiger partial charge in [0.1, 0.15) is 5.82 Å². The summed E-state index contributed by atoms with van der Waals surface area (Å²) in [7, 11) is -3.29. The van der Waals surface area contributed by atoms with Gasteiger partial charge in [0, 0.05) is 37.9 Å². The zero-order valence-electron chi connectivity index (χ0n) is 16.7. The van der Waals surface area contributed by atoms with Crippen LogP contribution in [0.15, 0.2) is 66.9 Å². The molecule has 0 N–H and O–H groups in total. The fourth-order valence-corrected chi connectivity index (χ4v) is 5.62. The highest BCUT2D eigenvalue weighted by molar-refractivity contribution is 7.88. The van der Waals surface area contributed by atoms with Crippen molar-refractivity contribution >= 4 is 10.0 Å². The summed E-state index contributed by atoms with van der Waals surface area (Å²) in [5.41, 5.74) is 3.22. The van der Waals surface area contributed by atoms with Gasteiger partial charge in [-0.25, -0.2) is 17.7 Å². The average molecular weight is 410 g/mol. The van der Waals surface area contributed by atoms with Gasteiger partial charge < -0.3 is 4.57 Å². The second-order valence-electron chi connectivity index (χ2n) is 7.85. The highest BCUT2D eigenvalue weighted by Gasteiger charge is 2.32. The Hall–Kier alpha value is -2.44. The molecule has 1 atom stereocenters. The van der Waals surface area contributed by atoms with Crippen molar-refractivity contribution < 1.29 is 8.42 Å². The van der Waals surface area contributed by atoms with Crippen LogP contribution < -0.4 is 0 Å². The molecule has 5 nitrogen and oxygen atoms in total. The van der Waals surface area contributed by atoms with Gasteiger partial charge in [-0.05, 0) is 30.4 Å². The van der Waals surface area contributed by atoms with E-state index in [2.05, 4.69) is 28.6 Å². The van der Waals surface area contributed by atoms with E-state index in [1.54, 1.807) is 4.31 Å². The molecule has 1 fully saturated rings. The van der Waals surface area contributed by atoms with Crippen molar-refractivity contribution in [2.75, 3.05) is 13.1 Å². The van der Waals surface area contributed by atoms with E-state index in [9.17, 15) is 8.42 Å². The van der Waals surface area contributed by atoms with Crippen molar-refractivity contribution in [3.05, 3.63) is 89.5 Å². The summed E-state index contributed by atoms with van der Waals surface area (Å²) in [4.78, 5) is 4.63. The Labute approximate surface area is 173 Å². The molecule has 6 heteroatoms. The third-order valence-corrected chi connectivity index (χ3v) is 7.44. The van der Waals surface area contributed by atoms with Gasteiger partial charge in [0.25, 0.3) is 0 Å². The first kappa shape index (κ1) is 19.9. The van der Waals surface area contributed by atoms with E-state index >= 15 is 0 Å². The summed E-state index contributed by atoms with van der Waals surface area (Å²) in [6.45, 7) is 4.04. The maximum absolute atomic E-state index is 12.8. The van der Waals surface area contributed by atoms with Crippen LogP contribution in [-0.4, -0.2) is 35.4 Å². The van der Waals surface area contributed by atoms with E-state index < -0.39 is 10.0 Å². The molecule has 29 heavy (non-hydrogen) atoms. The maximum Gasteiger partial charge on any atom is 0.218 e. The molecule has 1 aromatic heterocycles. The summed E-state index contributed by atoms with van der Waals surface area (Å²) in [6.07, 6.45) is 3.60. The van der Waals surface area contributed by atoms with Crippen LogP contribution in [0.25, 0.3) is 0 Å². The van der Waals surface area contributed by atoms with E-state index in [4.69, 9.17) is 0 Å². The molecule has 0 radical (unpaired) electrons. The van der Waals surface area contributed by atoms with Crippen molar-refractivity contribution in [3.63, 3.8) is 0 Å². The predicted molar refractivity (Wildman–Crippen MR) is 115 cm³/mol. The van der Waals surface area contributed by atoms with Crippen molar-refractivity contribution in [1.82, 2.24) is 13.9 Å². The lowest BCUT2D eigenvalue weighted by molar-refractivity contribution is 0.450. The van der Waals surface area contributed by atoms with E-state index in [1.165, 1.54) is 5.56 Å². The second kappa shape index (κ2) is 8.51. The van der Waals surface area contributed by atoms with Crippen LogP contribution in [0.4, 0.5) is 0 Å². The quantitative estimate of drug-likeness (QED) is 0.599. The van der Waals surface area contributed by atoms with Crippen molar-refractivity contribution in [2.45, 2.75) is 32.1 Å². The number of benzene rings is 2. The molecule has 1 saturated heterocycles. The molecule has 4 rings (SSSR count). The second-order valence-corrected chi connectivity index (χ2v) is 9.82. The third kappa shape index (κ3) is 4.77. The van der Waals surface area contributed by atoms with Gasteiger partial charge in [0.15, 0.2) is 0 Å². The summed E-state index contributed by atoms with van der Waals surface area (Å²) in [5.74, 6) is 1.41. The van der Waals surface area contributed by atoms with Crippen LogP contribution in [-0.2, 0) is 28.7 Å². The molecule has 2 heterocycles. The Morgan fingerprint density at radius 3 is 2.34 bits per heavy atom. The van der Waals surface area contributed by atoms with Crippen LogP contribution in [0.5, 0.6) is 0 Å². The minimum Gasteiger partial charge on any atom is -0.328 e. The van der Waals surface area contributed by atoms with Crippen molar-refractivity contribution in [1.29, 1.82) is 0 Å². The highest BCUT2D eigenvalue weighted by Crippen LogP contribution is 2.25. The lowest BCUT2D eigenvalue weighted by Crippen LogP contribution is -2.30. The van der Waals surface area contributed by atoms with Gasteiger partial charge in [-0.2, -0.15) is 0 Å². The van der Waals surface area contributed by atoms with Gasteiger partial charge in [-0.1, -0.05) is 60.7 Å². The summed E-state index contributed by atoms with van der Waals surface area (Å²) in [5, 5.41) is 0. The predicted octanol–water partition coefficient (Wildman–Crippen LogP) is 3.63. The number of nitrogens with zero attached hydrogens (tertiary/aromatic N) is 3. The average Bonchev–Trinajstić information content (AvgIpc) is 3.32. The molecule has 2 aromatic carbocycles. The Morgan fingerprint density at radius 1 is 1.00 bits per heavy atom. The Balaban J connectivity index is 1.42. The monoisotopic (exact) mass is 409 g/mol. The molecule has 0 spiro atoms. The highest BCUT2D eigenvalue weighted by atomic mass is 32.2. The smallest absolute Gasteiger partial charge is 0.218 e. The SMILES string of the molecule is Cc1cnc(CC2CCN(S(=O)(=O)Cc3ccccc3)C2)n1Cc1ccccc1. The van der Waals surface area contributed by atoms with Gasteiger partial charge >= 0.3 is 0 Å². The number of hydrogen-bond donors (Lipinski definition) is 0. The molecule has 152 valence electrons. The molecule has 1 aliphatic rings. The molecule has 1 aliphatic heterocycles. The molecular weight excluding hydrogens is 382 g/mol. The molecule has 0 saturated carbocycles. The van der Waals surface area contributed by atoms with Gasteiger partial charge in [-0.3, -0.25) is 0 Å². The first-order chi connectivity index (χ1) is 14.0. The van der Waals surface area contributed by atoms with E-state index in [0.717, 1.165) is 36.5 Å². The number of hydrogen-bond acceptors (Lipinski definition) is 3. The Bertz CT molecular complexity index is 1050. The number of imidazole rings is 1. The Kier molecular flexibility index (Phi) is 5.83. The first-order valence-corrected chi connectivity index (χ1v) is 11.7. The van der Waals surface area contributed by atoms with Crippen molar-refractivity contribution in [3.8, 4) is 0 Å². The van der Waals surface area contributed by atoms with Crippen LogP contribution in [0.3, 0.4) is 0 Å². The molecular formula is C23H27N3O2S. The lowest BCUT2D eigenvalue weighted by atomic mass is 10.0. The van der Waals surface area contributed by atoms with Crippen molar-refractivity contribution in [2.24, 2.45) is 5.92 Å². The minimum atomic E-state index is -3.29. The third-order valence-electron chi connectivity index (χ3n) is 5.63. The number of aryl methyl sites for hydroxylation is 1. The number of rotatable bonds is 7.